The predicted octanol–water partition coefficient (Wildman–Crippen LogP) is 3.01. The molecule has 0 spiro atoms. The fraction of sp³-hybridized carbons (Fsp3) is 0.250. The Hall–Kier alpha value is -3.88. The van der Waals surface area contributed by atoms with Crippen molar-refractivity contribution in [2.45, 2.75) is 25.8 Å². The lowest BCUT2D eigenvalue weighted by Gasteiger charge is -2.19. The van der Waals surface area contributed by atoms with E-state index >= 15 is 0 Å². The zero-order chi connectivity index (χ0) is 27.0. The quantitative estimate of drug-likeness (QED) is 0.278. The van der Waals surface area contributed by atoms with Crippen LogP contribution in [0.5, 0.6) is 0 Å². The number of anilines is 4. The van der Waals surface area contributed by atoms with Gasteiger partial charge in [-0.25, -0.2) is 22.3 Å². The summed E-state index contributed by atoms with van der Waals surface area (Å²) in [6, 6.07) is 12.3. The fourth-order valence-electron chi connectivity index (χ4n) is 4.52. The second-order valence-electron chi connectivity index (χ2n) is 9.05. The average Bonchev–Trinajstić information content (AvgIpc) is 3.45. The molecule has 198 valence electrons. The molecule has 1 aliphatic rings. The number of nitrogens with zero attached hydrogens (tertiary/aromatic N) is 5. The summed E-state index contributed by atoms with van der Waals surface area (Å²) in [5.74, 6) is -0.366. The van der Waals surface area contributed by atoms with E-state index in [9.17, 15) is 22.0 Å². The van der Waals surface area contributed by atoms with Gasteiger partial charge in [0, 0.05) is 30.8 Å². The monoisotopic (exact) mass is 555 g/mol. The van der Waals surface area contributed by atoms with Crippen LogP contribution in [-0.4, -0.2) is 55.0 Å². The molecule has 0 saturated carbocycles. The van der Waals surface area contributed by atoms with Crippen LogP contribution in [-0.2, 0) is 32.3 Å². The van der Waals surface area contributed by atoms with E-state index in [-0.39, 0.29) is 17.6 Å². The molecule has 2 aromatic carbocycles. The first kappa shape index (κ1) is 25.8. The zero-order valence-electron chi connectivity index (χ0n) is 20.5. The summed E-state index contributed by atoms with van der Waals surface area (Å²) in [5, 5.41) is 11.3. The van der Waals surface area contributed by atoms with Crippen LogP contribution in [0, 0.1) is 0 Å². The smallest absolute Gasteiger partial charge is 0.262 e. The summed E-state index contributed by atoms with van der Waals surface area (Å²) in [7, 11) is -3.52. The van der Waals surface area contributed by atoms with E-state index in [1.54, 1.807) is 24.5 Å². The lowest BCUT2D eigenvalue weighted by atomic mass is 10.1. The maximum atomic E-state index is 11.6. The van der Waals surface area contributed by atoms with Crippen molar-refractivity contribution in [1.29, 1.82) is 0 Å². The molecule has 0 radical (unpaired) electrons. The normalized spacial score (nSPS) is 15.7. The molecule has 12 nitrogen and oxygen atoms in total. The number of aryl methyl sites for hydroxylation is 1. The first-order valence-corrected chi connectivity index (χ1v) is 14.7. The Morgan fingerprint density at radius 2 is 1.92 bits per heavy atom. The van der Waals surface area contributed by atoms with Gasteiger partial charge < -0.3 is 10.6 Å². The molecule has 2 heterocycles. The van der Waals surface area contributed by atoms with Crippen molar-refractivity contribution in [1.82, 2.24) is 19.7 Å². The van der Waals surface area contributed by atoms with Gasteiger partial charge >= 0.3 is 0 Å². The lowest BCUT2D eigenvalue weighted by molar-refractivity contribution is -0.114. The molecule has 38 heavy (non-hydrogen) atoms. The van der Waals surface area contributed by atoms with Gasteiger partial charge in [-0.15, -0.1) is 0 Å². The molecule has 2 aromatic heterocycles. The molecular weight excluding hydrogens is 530 g/mol. The van der Waals surface area contributed by atoms with Crippen LogP contribution in [0.25, 0.3) is 11.0 Å². The Labute approximate surface area is 221 Å². The van der Waals surface area contributed by atoms with Crippen molar-refractivity contribution in [3.63, 3.8) is 0 Å². The Balaban J connectivity index is 1.38. The molecule has 2 atom stereocenters. The standard InChI is InChI=1S/C24H25N7O5S2/c1-15(32)27-19-6-9-21-16(11-19)3-10-22(21)31-23-17(13-26-31)12-25-24(29-23)28-18-4-7-20(8-5-18)30(37(33)34)14-38(2,35)36/h4-9,11-13,22H,3,10,14H2,1-2H3,(H,27,32)(H,33,34)(H,25,28,29). The van der Waals surface area contributed by atoms with E-state index in [0.717, 1.165) is 45.6 Å². The number of amides is 1. The Morgan fingerprint density at radius 1 is 1.18 bits per heavy atom. The first-order valence-electron chi connectivity index (χ1n) is 11.6. The minimum absolute atomic E-state index is 0.00362. The van der Waals surface area contributed by atoms with Gasteiger partial charge in [-0.2, -0.15) is 10.1 Å². The molecule has 0 saturated heterocycles. The molecule has 1 amide bonds. The number of hydrogen-bond donors (Lipinski definition) is 3. The van der Waals surface area contributed by atoms with Gasteiger partial charge in [0.2, 0.25) is 11.9 Å². The maximum Gasteiger partial charge on any atom is 0.262 e. The van der Waals surface area contributed by atoms with Gasteiger partial charge in [-0.1, -0.05) is 6.07 Å². The molecule has 5 rings (SSSR count). The Kier molecular flexibility index (Phi) is 6.86. The summed E-state index contributed by atoms with van der Waals surface area (Å²) in [6.07, 6.45) is 6.10. The van der Waals surface area contributed by atoms with E-state index in [2.05, 4.69) is 25.7 Å². The molecule has 1 aliphatic carbocycles. The van der Waals surface area contributed by atoms with Crippen molar-refractivity contribution < 1.29 is 22.0 Å². The largest absolute Gasteiger partial charge is 0.326 e. The summed E-state index contributed by atoms with van der Waals surface area (Å²) >= 11 is -2.50. The van der Waals surface area contributed by atoms with Crippen molar-refractivity contribution in [3.05, 3.63) is 66.0 Å². The van der Waals surface area contributed by atoms with Crippen LogP contribution >= 0.6 is 0 Å². The number of fused-ring (bicyclic) bond motifs is 2. The van der Waals surface area contributed by atoms with Gasteiger partial charge in [0.25, 0.3) is 11.3 Å². The van der Waals surface area contributed by atoms with E-state index in [1.807, 2.05) is 22.9 Å². The molecule has 0 bridgehead atoms. The van der Waals surface area contributed by atoms with E-state index in [0.29, 0.717) is 17.3 Å². The highest BCUT2D eigenvalue weighted by molar-refractivity contribution is 7.92. The Morgan fingerprint density at radius 3 is 2.61 bits per heavy atom. The number of aromatic nitrogens is 4. The third-order valence-corrected chi connectivity index (χ3v) is 7.70. The van der Waals surface area contributed by atoms with Crippen molar-refractivity contribution in [2.24, 2.45) is 0 Å². The minimum Gasteiger partial charge on any atom is -0.326 e. The molecule has 2 unspecified atom stereocenters. The van der Waals surface area contributed by atoms with Gasteiger partial charge in [0.05, 0.1) is 23.3 Å². The molecular formula is C24H25N7O5S2. The summed E-state index contributed by atoms with van der Waals surface area (Å²) in [6.45, 7) is 1.48. The topological polar surface area (TPSA) is 159 Å². The van der Waals surface area contributed by atoms with Crippen LogP contribution in [0.1, 0.15) is 30.5 Å². The van der Waals surface area contributed by atoms with E-state index in [4.69, 9.17) is 0 Å². The first-order chi connectivity index (χ1) is 18.1. The highest BCUT2D eigenvalue weighted by Gasteiger charge is 2.27. The second kappa shape index (κ2) is 10.1. The number of carbonyl (C=O) groups excluding carboxylic acids is 1. The molecule has 4 aromatic rings. The molecule has 3 N–H and O–H groups in total. The van der Waals surface area contributed by atoms with Crippen LogP contribution in [0.2, 0.25) is 0 Å². The van der Waals surface area contributed by atoms with Crippen LogP contribution in [0.4, 0.5) is 23.0 Å². The van der Waals surface area contributed by atoms with Crippen LogP contribution < -0.4 is 14.9 Å². The number of benzene rings is 2. The van der Waals surface area contributed by atoms with Gasteiger partial charge in [0.1, 0.15) is 5.88 Å². The second-order valence-corrected chi connectivity index (χ2v) is 12.1. The van der Waals surface area contributed by atoms with Crippen LogP contribution in [0.15, 0.2) is 54.9 Å². The molecule has 0 aliphatic heterocycles. The van der Waals surface area contributed by atoms with E-state index < -0.39 is 27.0 Å². The SMILES string of the molecule is CC(=O)Nc1ccc2c(c1)CCC2n1ncc2cnc(Nc3ccc(N(CS(C)(=O)=O)S(=O)O)cc3)nc21. The van der Waals surface area contributed by atoms with Crippen molar-refractivity contribution in [3.8, 4) is 0 Å². The summed E-state index contributed by atoms with van der Waals surface area (Å²) in [4.78, 5) is 20.5. The van der Waals surface area contributed by atoms with Gasteiger partial charge in [0.15, 0.2) is 15.5 Å². The maximum absolute atomic E-state index is 11.6. The average molecular weight is 556 g/mol. The lowest BCUT2D eigenvalue weighted by Crippen LogP contribution is -2.30. The van der Waals surface area contributed by atoms with Gasteiger partial charge in [-0.05, 0) is 60.4 Å². The van der Waals surface area contributed by atoms with Crippen molar-refractivity contribution in [2.75, 3.05) is 27.1 Å². The fourth-order valence-corrected chi connectivity index (χ4v) is 6.33. The number of carbonyl (C=O) groups is 1. The number of rotatable bonds is 8. The highest BCUT2D eigenvalue weighted by Crippen LogP contribution is 2.37. The molecule has 0 fully saturated rings. The number of sulfone groups is 1. The van der Waals surface area contributed by atoms with Crippen molar-refractivity contribution >= 4 is 61.1 Å². The van der Waals surface area contributed by atoms with Crippen LogP contribution in [0.3, 0.4) is 0 Å². The highest BCUT2D eigenvalue weighted by atomic mass is 32.2. The zero-order valence-corrected chi connectivity index (χ0v) is 22.2. The number of hydrogen-bond acceptors (Lipinski definition) is 8. The number of nitrogens with one attached hydrogen (secondary N) is 2. The van der Waals surface area contributed by atoms with Gasteiger partial charge in [-0.3, -0.25) is 13.7 Å². The minimum atomic E-state index is -3.52. The third-order valence-electron chi connectivity index (χ3n) is 6.09. The summed E-state index contributed by atoms with van der Waals surface area (Å²) in [5.41, 5.74) is 4.61. The summed E-state index contributed by atoms with van der Waals surface area (Å²) < 4.78 is 47.1. The predicted molar refractivity (Wildman–Crippen MR) is 145 cm³/mol. The molecule has 14 heteroatoms. The Bertz CT molecular complexity index is 1650. The van der Waals surface area contributed by atoms with E-state index in [1.165, 1.54) is 19.1 Å². The third kappa shape index (κ3) is 5.51.